The van der Waals surface area contributed by atoms with Gasteiger partial charge in [-0.25, -0.2) is 9.48 Å². The van der Waals surface area contributed by atoms with E-state index >= 15 is 0 Å². The van der Waals surface area contributed by atoms with Gasteiger partial charge in [-0.1, -0.05) is 12.1 Å². The Balaban J connectivity index is 2.49. The van der Waals surface area contributed by atoms with E-state index in [0.29, 0.717) is 5.82 Å². The first-order chi connectivity index (χ1) is 8.11. The quantitative estimate of drug-likeness (QED) is 0.585. The molecule has 0 atom stereocenters. The maximum atomic E-state index is 10.2. The van der Waals surface area contributed by atoms with E-state index in [-0.39, 0.29) is 0 Å². The fourth-order valence-electron chi connectivity index (χ4n) is 1.65. The number of nitrogens with zero attached hydrogens (tertiary/aromatic N) is 3. The van der Waals surface area contributed by atoms with Crippen molar-refractivity contribution >= 4 is 11.9 Å². The molecule has 0 bridgehead atoms. The van der Waals surface area contributed by atoms with Gasteiger partial charge in [-0.3, -0.25) is 0 Å². The summed E-state index contributed by atoms with van der Waals surface area (Å²) in [6, 6.07) is 7.92. The summed E-state index contributed by atoms with van der Waals surface area (Å²) in [5, 5.41) is 4.31. The summed E-state index contributed by atoms with van der Waals surface area (Å²) >= 11 is 0. The van der Waals surface area contributed by atoms with E-state index in [1.807, 2.05) is 6.07 Å². The molecule has 0 spiro atoms. The summed E-state index contributed by atoms with van der Waals surface area (Å²) in [5.74, 6) is 0.508. The Morgan fingerprint density at radius 3 is 2.65 bits per heavy atom. The molecule has 1 aromatic carbocycles. The van der Waals surface area contributed by atoms with Crippen LogP contribution in [0.2, 0.25) is 0 Å². The number of isocyanates is 1. The number of hydrogen-bond donors (Lipinski definition) is 0. The predicted octanol–water partition coefficient (Wildman–Crippen LogP) is 2.67. The molecule has 4 nitrogen and oxygen atoms in total. The van der Waals surface area contributed by atoms with Crippen molar-refractivity contribution in [2.45, 2.75) is 13.8 Å². The molecule has 0 aliphatic rings. The molecular weight excluding hydrogens is 214 g/mol. The lowest BCUT2D eigenvalue weighted by Gasteiger charge is -2.01. The number of benzene rings is 1. The van der Waals surface area contributed by atoms with E-state index in [1.165, 1.54) is 17.2 Å². The van der Waals surface area contributed by atoms with Crippen molar-refractivity contribution in [3.05, 3.63) is 35.4 Å². The van der Waals surface area contributed by atoms with Crippen molar-refractivity contribution in [2.75, 3.05) is 0 Å². The minimum absolute atomic E-state index is 0.508. The zero-order valence-corrected chi connectivity index (χ0v) is 10.1. The van der Waals surface area contributed by atoms with Gasteiger partial charge in [0.2, 0.25) is 6.08 Å². The molecule has 0 unspecified atom stereocenters. The maximum Gasteiger partial charge on any atom is 0.242 e. The molecular formula is C13H13N3O. The maximum absolute atomic E-state index is 10.2. The molecule has 1 aromatic heterocycles. The molecule has 0 aliphatic heterocycles. The summed E-state index contributed by atoms with van der Waals surface area (Å²) < 4.78 is 1.56. The number of aromatic nitrogens is 2. The Bertz CT molecular complexity index is 607. The molecule has 0 N–H and O–H groups in total. The van der Waals surface area contributed by atoms with Crippen molar-refractivity contribution in [1.29, 1.82) is 0 Å². The predicted molar refractivity (Wildman–Crippen MR) is 65.9 cm³/mol. The van der Waals surface area contributed by atoms with E-state index < -0.39 is 0 Å². The molecule has 0 amide bonds. The number of rotatable bonds is 2. The van der Waals surface area contributed by atoms with Crippen LogP contribution in [0.5, 0.6) is 0 Å². The Labute approximate surface area is 99.6 Å². The molecule has 0 radical (unpaired) electrons. The van der Waals surface area contributed by atoms with Gasteiger partial charge in [0.05, 0.1) is 5.69 Å². The van der Waals surface area contributed by atoms with Crippen LogP contribution in [-0.4, -0.2) is 15.9 Å². The second kappa shape index (κ2) is 4.36. The third kappa shape index (κ3) is 2.17. The topological polar surface area (TPSA) is 47.2 Å². The van der Waals surface area contributed by atoms with Gasteiger partial charge in [0.25, 0.3) is 0 Å². The van der Waals surface area contributed by atoms with Crippen LogP contribution < -0.4 is 0 Å². The average molecular weight is 227 g/mol. The van der Waals surface area contributed by atoms with Gasteiger partial charge >= 0.3 is 0 Å². The smallest absolute Gasteiger partial charge is 0.242 e. The van der Waals surface area contributed by atoms with Crippen LogP contribution in [0.3, 0.4) is 0 Å². The summed E-state index contributed by atoms with van der Waals surface area (Å²) in [6.07, 6.45) is 1.52. The summed E-state index contributed by atoms with van der Waals surface area (Å²) in [7, 11) is 1.75. The highest BCUT2D eigenvalue weighted by Gasteiger charge is 2.07. The molecule has 0 saturated carbocycles. The van der Waals surface area contributed by atoms with Gasteiger partial charge in [-0.2, -0.15) is 5.10 Å². The van der Waals surface area contributed by atoms with E-state index in [0.717, 1.165) is 11.3 Å². The Hall–Kier alpha value is -2.19. The van der Waals surface area contributed by atoms with Gasteiger partial charge in [0, 0.05) is 18.7 Å². The van der Waals surface area contributed by atoms with Crippen molar-refractivity contribution < 1.29 is 4.79 Å². The molecule has 86 valence electrons. The standard InChI is InChI=1S/C13H13N3O/c1-9-4-5-11(6-10(9)2)12-7-13(14-8-17)16(3)15-12/h4-7H,1-3H3. The normalized spacial score (nSPS) is 10.1. The highest BCUT2D eigenvalue weighted by Crippen LogP contribution is 2.24. The Kier molecular flexibility index (Phi) is 2.90. The van der Waals surface area contributed by atoms with Crippen molar-refractivity contribution in [2.24, 2.45) is 12.0 Å². The van der Waals surface area contributed by atoms with Gasteiger partial charge in [-0.05, 0) is 31.0 Å². The molecule has 0 saturated heterocycles. The lowest BCUT2D eigenvalue weighted by Crippen LogP contribution is -1.90. The third-order valence-corrected chi connectivity index (χ3v) is 2.82. The van der Waals surface area contributed by atoms with E-state index in [1.54, 1.807) is 17.8 Å². The van der Waals surface area contributed by atoms with Crippen LogP contribution in [0.4, 0.5) is 5.82 Å². The van der Waals surface area contributed by atoms with Gasteiger partial charge in [0.1, 0.15) is 0 Å². The van der Waals surface area contributed by atoms with Crippen molar-refractivity contribution in [3.63, 3.8) is 0 Å². The van der Waals surface area contributed by atoms with Gasteiger partial charge in [-0.15, -0.1) is 4.99 Å². The summed E-state index contributed by atoms with van der Waals surface area (Å²) in [5.41, 5.74) is 4.30. The Morgan fingerprint density at radius 1 is 1.24 bits per heavy atom. The second-order valence-electron chi connectivity index (χ2n) is 4.01. The van der Waals surface area contributed by atoms with Crippen LogP contribution >= 0.6 is 0 Å². The second-order valence-corrected chi connectivity index (χ2v) is 4.01. The van der Waals surface area contributed by atoms with Crippen LogP contribution in [0.1, 0.15) is 11.1 Å². The van der Waals surface area contributed by atoms with Crippen molar-refractivity contribution in [1.82, 2.24) is 9.78 Å². The van der Waals surface area contributed by atoms with Crippen LogP contribution in [0, 0.1) is 13.8 Å². The molecule has 0 aliphatic carbocycles. The van der Waals surface area contributed by atoms with E-state index in [2.05, 4.69) is 36.1 Å². The van der Waals surface area contributed by atoms with E-state index in [4.69, 9.17) is 0 Å². The minimum Gasteiger partial charge on any atom is -0.250 e. The molecule has 2 rings (SSSR count). The van der Waals surface area contributed by atoms with Gasteiger partial charge < -0.3 is 0 Å². The number of hydrogen-bond acceptors (Lipinski definition) is 3. The number of aliphatic imine (C=N–C) groups is 1. The minimum atomic E-state index is 0.508. The van der Waals surface area contributed by atoms with Crippen LogP contribution in [-0.2, 0) is 11.8 Å². The summed E-state index contributed by atoms with van der Waals surface area (Å²) in [6.45, 7) is 4.13. The zero-order chi connectivity index (χ0) is 12.4. The SMILES string of the molecule is Cc1ccc(-c2cc(N=C=O)n(C)n2)cc1C. The fraction of sp³-hybridized carbons (Fsp3) is 0.231. The zero-order valence-electron chi connectivity index (χ0n) is 10.1. The fourth-order valence-corrected chi connectivity index (χ4v) is 1.65. The first kappa shape index (κ1) is 11.3. The molecule has 1 heterocycles. The first-order valence-electron chi connectivity index (χ1n) is 5.31. The highest BCUT2D eigenvalue weighted by molar-refractivity contribution is 5.64. The summed E-state index contributed by atoms with van der Waals surface area (Å²) in [4.78, 5) is 13.8. The monoisotopic (exact) mass is 227 g/mol. The molecule has 17 heavy (non-hydrogen) atoms. The Morgan fingerprint density at radius 2 is 2.00 bits per heavy atom. The van der Waals surface area contributed by atoms with Crippen LogP contribution in [0.25, 0.3) is 11.3 Å². The lowest BCUT2D eigenvalue weighted by molar-refractivity contribution is 0.564. The van der Waals surface area contributed by atoms with Crippen molar-refractivity contribution in [3.8, 4) is 11.3 Å². The average Bonchev–Trinajstić information content (AvgIpc) is 2.65. The lowest BCUT2D eigenvalue weighted by atomic mass is 10.0. The molecule has 4 heteroatoms. The molecule has 0 fully saturated rings. The number of aryl methyl sites for hydroxylation is 3. The van der Waals surface area contributed by atoms with Gasteiger partial charge in [0.15, 0.2) is 5.82 Å². The highest BCUT2D eigenvalue weighted by atomic mass is 16.1. The van der Waals surface area contributed by atoms with E-state index in [9.17, 15) is 4.79 Å². The van der Waals surface area contributed by atoms with Crippen LogP contribution in [0.15, 0.2) is 29.3 Å². The largest absolute Gasteiger partial charge is 0.250 e. The first-order valence-corrected chi connectivity index (χ1v) is 5.31. The number of carbonyl (C=O) groups excluding carboxylic acids is 1. The molecule has 2 aromatic rings. The third-order valence-electron chi connectivity index (χ3n) is 2.82.